The van der Waals surface area contributed by atoms with Gasteiger partial charge in [0, 0.05) is 30.6 Å². The molecule has 2 heterocycles. The van der Waals surface area contributed by atoms with Gasteiger partial charge in [-0.3, -0.25) is 4.79 Å². The van der Waals surface area contributed by atoms with Crippen molar-refractivity contribution in [2.45, 2.75) is 45.4 Å². The molecule has 1 aliphatic heterocycles. The first-order valence-electron chi connectivity index (χ1n) is 10.4. The number of fused-ring (bicyclic) bond motifs is 1. The number of aromatic nitrogens is 2. The third-order valence-corrected chi connectivity index (χ3v) is 8.43. The van der Waals surface area contributed by atoms with Crippen molar-refractivity contribution in [3.63, 3.8) is 0 Å². The van der Waals surface area contributed by atoms with Crippen LogP contribution in [0.3, 0.4) is 0 Å². The summed E-state index contributed by atoms with van der Waals surface area (Å²) in [5.41, 5.74) is 5.38. The van der Waals surface area contributed by atoms with Gasteiger partial charge in [-0.25, -0.2) is 13.4 Å². The molecule has 2 aromatic carbocycles. The van der Waals surface area contributed by atoms with E-state index in [1.807, 2.05) is 64.1 Å². The van der Waals surface area contributed by atoms with Crippen molar-refractivity contribution in [1.29, 1.82) is 0 Å². The van der Waals surface area contributed by atoms with Crippen LogP contribution < -0.4 is 5.56 Å². The van der Waals surface area contributed by atoms with Crippen LogP contribution in [0.15, 0.2) is 46.1 Å². The van der Waals surface area contributed by atoms with Crippen LogP contribution in [-0.4, -0.2) is 35.8 Å². The summed E-state index contributed by atoms with van der Waals surface area (Å²) >= 11 is 0. The number of rotatable bonds is 3. The van der Waals surface area contributed by atoms with E-state index in [4.69, 9.17) is 0 Å². The highest BCUT2D eigenvalue weighted by Crippen LogP contribution is 2.30. The fourth-order valence-corrected chi connectivity index (χ4v) is 6.28. The Labute approximate surface area is 183 Å². The highest BCUT2D eigenvalue weighted by Gasteiger charge is 2.31. The highest BCUT2D eigenvalue weighted by atomic mass is 32.2. The smallest absolute Gasteiger partial charge is 0.254 e. The molecule has 1 aromatic heterocycles. The zero-order valence-corrected chi connectivity index (χ0v) is 19.1. The van der Waals surface area contributed by atoms with Gasteiger partial charge in [-0.05, 0) is 56.4 Å². The third kappa shape index (κ3) is 3.83. The Morgan fingerprint density at radius 1 is 0.935 bits per heavy atom. The van der Waals surface area contributed by atoms with Crippen LogP contribution in [0.25, 0.3) is 11.4 Å². The predicted octanol–water partition coefficient (Wildman–Crippen LogP) is 3.46. The fourth-order valence-electron chi connectivity index (χ4n) is 4.26. The lowest BCUT2D eigenvalue weighted by Crippen LogP contribution is -2.34. The molecule has 0 spiro atoms. The van der Waals surface area contributed by atoms with Crippen LogP contribution in [0.5, 0.6) is 0 Å². The lowest BCUT2D eigenvalue weighted by atomic mass is 10.0. The summed E-state index contributed by atoms with van der Waals surface area (Å²) in [4.78, 5) is 20.7. The molecule has 0 saturated carbocycles. The molecule has 0 aliphatic carbocycles. The monoisotopic (exact) mass is 437 g/mol. The van der Waals surface area contributed by atoms with E-state index in [-0.39, 0.29) is 12.1 Å². The van der Waals surface area contributed by atoms with Gasteiger partial charge in [0.1, 0.15) is 5.82 Å². The maximum atomic E-state index is 13.6. The van der Waals surface area contributed by atoms with Gasteiger partial charge in [0.05, 0.1) is 10.6 Å². The van der Waals surface area contributed by atoms with Crippen molar-refractivity contribution in [2.75, 3.05) is 13.1 Å². The first-order valence-corrected chi connectivity index (χ1v) is 11.9. The second kappa shape index (κ2) is 8.05. The molecule has 31 heavy (non-hydrogen) atoms. The molecule has 1 N–H and O–H groups in total. The number of benzene rings is 2. The second-order valence-electron chi connectivity index (χ2n) is 8.20. The summed E-state index contributed by atoms with van der Waals surface area (Å²) in [5, 5.41) is 0. The maximum Gasteiger partial charge on any atom is 0.254 e. The zero-order valence-electron chi connectivity index (χ0n) is 18.3. The lowest BCUT2D eigenvalue weighted by Gasteiger charge is -2.24. The molecular formula is C24H27N3O3S. The van der Waals surface area contributed by atoms with Gasteiger partial charge in [-0.1, -0.05) is 36.4 Å². The maximum absolute atomic E-state index is 13.6. The molecule has 0 fully saturated rings. The molecular weight excluding hydrogens is 410 g/mol. The number of hydrogen-bond acceptors (Lipinski definition) is 4. The molecule has 3 aromatic rings. The third-order valence-electron chi connectivity index (χ3n) is 6.25. The molecule has 162 valence electrons. The molecule has 0 saturated heterocycles. The fraction of sp³-hybridized carbons (Fsp3) is 0.333. The van der Waals surface area contributed by atoms with Crippen molar-refractivity contribution in [1.82, 2.24) is 14.3 Å². The molecule has 0 unspecified atom stereocenters. The Bertz CT molecular complexity index is 1290. The Hall–Kier alpha value is -2.77. The summed E-state index contributed by atoms with van der Waals surface area (Å²) in [6.07, 6.45) is 0.746. The molecule has 6 nitrogen and oxygen atoms in total. The van der Waals surface area contributed by atoms with Crippen molar-refractivity contribution >= 4 is 10.0 Å². The molecule has 7 heteroatoms. The Morgan fingerprint density at radius 2 is 1.55 bits per heavy atom. The van der Waals surface area contributed by atoms with Gasteiger partial charge in [0.15, 0.2) is 0 Å². The Balaban J connectivity index is 1.71. The molecule has 0 atom stereocenters. The molecule has 4 rings (SSSR count). The molecule has 0 amide bonds. The lowest BCUT2D eigenvalue weighted by molar-refractivity contribution is 0.425. The van der Waals surface area contributed by atoms with Gasteiger partial charge in [0.2, 0.25) is 10.0 Å². The number of nitrogens with zero attached hydrogens (tertiary/aromatic N) is 2. The van der Waals surface area contributed by atoms with Gasteiger partial charge < -0.3 is 4.98 Å². The van der Waals surface area contributed by atoms with E-state index in [1.165, 1.54) is 4.31 Å². The largest absolute Gasteiger partial charge is 0.306 e. The zero-order chi connectivity index (χ0) is 22.3. The van der Waals surface area contributed by atoms with Crippen LogP contribution in [-0.2, 0) is 22.9 Å². The van der Waals surface area contributed by atoms with E-state index >= 15 is 0 Å². The first kappa shape index (κ1) is 21.5. The molecule has 0 radical (unpaired) electrons. The standard InChI is InChI=1S/C24H27N3O3S/c1-15-14-16(2)18(4)22(17(15)3)31(29,30)27-12-10-20-21(11-13-27)25-23(26-24(20)28)19-8-6-5-7-9-19/h5-9,14H,10-13H2,1-4H3,(H,25,26,28). The Kier molecular flexibility index (Phi) is 5.58. The van der Waals surface area contributed by atoms with Gasteiger partial charge in [-0.2, -0.15) is 4.31 Å². The van der Waals surface area contributed by atoms with E-state index in [1.54, 1.807) is 0 Å². The minimum absolute atomic E-state index is 0.193. The van der Waals surface area contributed by atoms with Crippen LogP contribution in [0, 0.1) is 27.7 Å². The molecule has 0 bridgehead atoms. The van der Waals surface area contributed by atoms with Crippen molar-refractivity contribution < 1.29 is 8.42 Å². The minimum atomic E-state index is -3.69. The number of sulfonamides is 1. The average Bonchev–Trinajstić information content (AvgIpc) is 2.96. The quantitative estimate of drug-likeness (QED) is 0.680. The van der Waals surface area contributed by atoms with Crippen molar-refractivity contribution in [2.24, 2.45) is 0 Å². The highest BCUT2D eigenvalue weighted by molar-refractivity contribution is 7.89. The number of hydrogen-bond donors (Lipinski definition) is 1. The Morgan fingerprint density at radius 3 is 2.19 bits per heavy atom. The van der Waals surface area contributed by atoms with Crippen molar-refractivity contribution in [3.8, 4) is 11.4 Å². The van der Waals surface area contributed by atoms with E-state index in [0.29, 0.717) is 41.4 Å². The average molecular weight is 438 g/mol. The minimum Gasteiger partial charge on any atom is -0.306 e. The number of nitrogens with one attached hydrogen (secondary N) is 1. The van der Waals surface area contributed by atoms with Crippen molar-refractivity contribution in [3.05, 3.63) is 80.3 Å². The van der Waals surface area contributed by atoms with Gasteiger partial charge >= 0.3 is 0 Å². The number of aromatic amines is 1. The van der Waals surface area contributed by atoms with E-state index in [0.717, 1.165) is 27.8 Å². The van der Waals surface area contributed by atoms with Crippen LogP contribution >= 0.6 is 0 Å². The van der Waals surface area contributed by atoms with E-state index in [9.17, 15) is 13.2 Å². The number of aryl methyl sites for hydroxylation is 2. The molecule has 1 aliphatic rings. The first-order chi connectivity index (χ1) is 14.7. The van der Waals surface area contributed by atoms with Crippen LogP contribution in [0.2, 0.25) is 0 Å². The van der Waals surface area contributed by atoms with E-state index in [2.05, 4.69) is 9.97 Å². The van der Waals surface area contributed by atoms with E-state index < -0.39 is 10.0 Å². The topological polar surface area (TPSA) is 83.1 Å². The summed E-state index contributed by atoms with van der Waals surface area (Å²) in [6.45, 7) is 8.16. The normalized spacial score (nSPS) is 14.8. The van der Waals surface area contributed by atoms with Crippen LogP contribution in [0.4, 0.5) is 0 Å². The number of H-pyrrole nitrogens is 1. The predicted molar refractivity (Wildman–Crippen MR) is 122 cm³/mol. The van der Waals surface area contributed by atoms with Gasteiger partial charge in [0.25, 0.3) is 5.56 Å². The second-order valence-corrected chi connectivity index (χ2v) is 10.1. The summed E-state index contributed by atoms with van der Waals surface area (Å²) < 4.78 is 28.8. The van der Waals surface area contributed by atoms with Crippen LogP contribution in [0.1, 0.15) is 33.5 Å². The summed E-state index contributed by atoms with van der Waals surface area (Å²) in [5.74, 6) is 0.515. The van der Waals surface area contributed by atoms with Gasteiger partial charge in [-0.15, -0.1) is 0 Å². The summed E-state index contributed by atoms with van der Waals surface area (Å²) in [7, 11) is -3.69. The summed E-state index contributed by atoms with van der Waals surface area (Å²) in [6, 6.07) is 11.5. The SMILES string of the molecule is Cc1cc(C)c(C)c(S(=O)(=O)N2CCc3nc(-c4ccccc4)[nH]c(=O)c3CC2)c1C.